The zero-order chi connectivity index (χ0) is 17.8. The van der Waals surface area contributed by atoms with E-state index < -0.39 is 0 Å². The summed E-state index contributed by atoms with van der Waals surface area (Å²) in [6.07, 6.45) is 0.881. The summed E-state index contributed by atoms with van der Waals surface area (Å²) in [5, 5.41) is 3.59. The molecule has 4 nitrogen and oxygen atoms in total. The largest absolute Gasteiger partial charge is 0.491 e. The Morgan fingerprint density at radius 3 is 2.80 bits per heavy atom. The Morgan fingerprint density at radius 1 is 1.20 bits per heavy atom. The normalized spacial score (nSPS) is 10.7. The maximum atomic E-state index is 13.3. The molecule has 0 saturated carbocycles. The number of benzene rings is 2. The van der Waals surface area contributed by atoms with E-state index in [1.165, 1.54) is 12.1 Å². The highest BCUT2D eigenvalue weighted by atomic mass is 19.1. The maximum Gasteiger partial charge on any atom is 0.257 e. The Bertz CT molecular complexity index is 925. The van der Waals surface area contributed by atoms with Crippen molar-refractivity contribution in [3.63, 3.8) is 0 Å². The van der Waals surface area contributed by atoms with Gasteiger partial charge in [0.15, 0.2) is 0 Å². The van der Waals surface area contributed by atoms with Crippen molar-refractivity contribution < 1.29 is 13.9 Å². The molecular weight excluding hydrogens is 319 g/mol. The Labute approximate surface area is 145 Å². The summed E-state index contributed by atoms with van der Waals surface area (Å²) in [4.78, 5) is 17.0. The third-order valence-electron chi connectivity index (χ3n) is 3.81. The summed E-state index contributed by atoms with van der Waals surface area (Å²) in [6.45, 7) is 4.34. The molecule has 2 aromatic carbocycles. The van der Waals surface area contributed by atoms with Crippen molar-refractivity contribution in [3.8, 4) is 5.75 Å². The zero-order valence-corrected chi connectivity index (χ0v) is 14.2. The monoisotopic (exact) mass is 338 g/mol. The van der Waals surface area contributed by atoms with Crippen LogP contribution in [0.15, 0.2) is 48.5 Å². The molecule has 0 saturated heterocycles. The van der Waals surface area contributed by atoms with Crippen molar-refractivity contribution in [2.24, 2.45) is 0 Å². The van der Waals surface area contributed by atoms with Gasteiger partial charge in [-0.25, -0.2) is 4.39 Å². The van der Waals surface area contributed by atoms with Crippen LogP contribution in [0.5, 0.6) is 5.75 Å². The van der Waals surface area contributed by atoms with Crippen LogP contribution < -0.4 is 10.1 Å². The third kappa shape index (κ3) is 3.76. The first-order valence-corrected chi connectivity index (χ1v) is 8.18. The van der Waals surface area contributed by atoms with Crippen molar-refractivity contribution in [3.05, 3.63) is 65.6 Å². The van der Waals surface area contributed by atoms with Gasteiger partial charge in [-0.1, -0.05) is 19.1 Å². The lowest BCUT2D eigenvalue weighted by Crippen LogP contribution is -2.15. The Balaban J connectivity index is 1.90. The summed E-state index contributed by atoms with van der Waals surface area (Å²) in [6, 6.07) is 13.4. The molecule has 1 aromatic heterocycles. The van der Waals surface area contributed by atoms with Gasteiger partial charge < -0.3 is 10.1 Å². The number of carbonyl (C=O) groups excluding carboxylic acids is 1. The van der Waals surface area contributed by atoms with Gasteiger partial charge in [-0.05, 0) is 43.7 Å². The van der Waals surface area contributed by atoms with E-state index in [0.29, 0.717) is 40.2 Å². The number of nitrogens with zero attached hydrogens (tertiary/aromatic N) is 1. The number of hydrogen-bond acceptors (Lipinski definition) is 3. The molecule has 5 heteroatoms. The SMILES string of the molecule is CCCOc1ccccc1NC(=O)c1cc2ccc(F)cc2nc1C. The van der Waals surface area contributed by atoms with Gasteiger partial charge in [-0.3, -0.25) is 9.78 Å². The summed E-state index contributed by atoms with van der Waals surface area (Å²) in [5.41, 5.74) is 2.13. The molecule has 0 fully saturated rings. The number of para-hydroxylation sites is 2. The number of ether oxygens (including phenoxy) is 1. The Hall–Kier alpha value is -2.95. The van der Waals surface area contributed by atoms with Crippen LogP contribution in [0.1, 0.15) is 29.4 Å². The van der Waals surface area contributed by atoms with Gasteiger partial charge >= 0.3 is 0 Å². The van der Waals surface area contributed by atoms with Gasteiger partial charge in [0.25, 0.3) is 5.91 Å². The van der Waals surface area contributed by atoms with Gasteiger partial charge in [0.05, 0.1) is 29.1 Å². The van der Waals surface area contributed by atoms with Crippen LogP contribution in [-0.2, 0) is 0 Å². The van der Waals surface area contributed by atoms with Crippen LogP contribution in [0, 0.1) is 12.7 Å². The Morgan fingerprint density at radius 2 is 2.00 bits per heavy atom. The number of amides is 1. The van der Waals surface area contributed by atoms with Crippen molar-refractivity contribution in [1.82, 2.24) is 4.98 Å². The van der Waals surface area contributed by atoms with Crippen molar-refractivity contribution >= 4 is 22.5 Å². The number of pyridine rings is 1. The van der Waals surface area contributed by atoms with Gasteiger partial charge in [-0.2, -0.15) is 0 Å². The predicted octanol–water partition coefficient (Wildman–Crippen LogP) is 4.72. The molecule has 0 aliphatic heterocycles. The highest BCUT2D eigenvalue weighted by Gasteiger charge is 2.14. The average molecular weight is 338 g/mol. The number of aryl methyl sites for hydroxylation is 1. The number of anilines is 1. The first-order valence-electron chi connectivity index (χ1n) is 8.18. The van der Waals surface area contributed by atoms with Gasteiger partial charge in [0.2, 0.25) is 0 Å². The number of rotatable bonds is 5. The highest BCUT2D eigenvalue weighted by Crippen LogP contribution is 2.25. The second-order valence-electron chi connectivity index (χ2n) is 5.76. The zero-order valence-electron chi connectivity index (χ0n) is 14.2. The van der Waals surface area contributed by atoms with Crippen LogP contribution in [0.4, 0.5) is 10.1 Å². The van der Waals surface area contributed by atoms with E-state index >= 15 is 0 Å². The lowest BCUT2D eigenvalue weighted by molar-refractivity contribution is 0.102. The lowest BCUT2D eigenvalue weighted by Gasteiger charge is -2.13. The fourth-order valence-electron chi connectivity index (χ4n) is 2.56. The maximum absolute atomic E-state index is 13.3. The number of fused-ring (bicyclic) bond motifs is 1. The quantitative estimate of drug-likeness (QED) is 0.732. The van der Waals surface area contributed by atoms with Crippen molar-refractivity contribution in [2.45, 2.75) is 20.3 Å². The van der Waals surface area contributed by atoms with Crippen LogP contribution >= 0.6 is 0 Å². The van der Waals surface area contributed by atoms with E-state index in [1.807, 2.05) is 25.1 Å². The number of aromatic nitrogens is 1. The minimum absolute atomic E-state index is 0.274. The molecule has 3 rings (SSSR count). The summed E-state index contributed by atoms with van der Waals surface area (Å²) < 4.78 is 19.0. The van der Waals surface area contributed by atoms with Crippen LogP contribution in [0.3, 0.4) is 0 Å². The van der Waals surface area contributed by atoms with E-state index in [1.54, 1.807) is 25.1 Å². The second kappa shape index (κ2) is 7.30. The van der Waals surface area contributed by atoms with E-state index in [4.69, 9.17) is 4.74 Å². The summed E-state index contributed by atoms with van der Waals surface area (Å²) >= 11 is 0. The predicted molar refractivity (Wildman–Crippen MR) is 96.6 cm³/mol. The van der Waals surface area contributed by atoms with E-state index in [2.05, 4.69) is 10.3 Å². The highest BCUT2D eigenvalue weighted by molar-refractivity contribution is 6.07. The third-order valence-corrected chi connectivity index (χ3v) is 3.81. The van der Waals surface area contributed by atoms with E-state index in [9.17, 15) is 9.18 Å². The van der Waals surface area contributed by atoms with E-state index in [0.717, 1.165) is 6.42 Å². The molecular formula is C20H19FN2O2. The van der Waals surface area contributed by atoms with Crippen LogP contribution in [0.25, 0.3) is 10.9 Å². The van der Waals surface area contributed by atoms with Crippen LogP contribution in [-0.4, -0.2) is 17.5 Å². The molecule has 0 radical (unpaired) electrons. The lowest BCUT2D eigenvalue weighted by atomic mass is 10.1. The van der Waals surface area contributed by atoms with E-state index in [-0.39, 0.29) is 11.7 Å². The molecule has 0 atom stereocenters. The first kappa shape index (κ1) is 16.9. The molecule has 3 aromatic rings. The number of halogens is 1. The fourth-order valence-corrected chi connectivity index (χ4v) is 2.56. The molecule has 1 amide bonds. The first-order chi connectivity index (χ1) is 12.1. The van der Waals surface area contributed by atoms with Gasteiger partial charge in [-0.15, -0.1) is 0 Å². The molecule has 128 valence electrons. The second-order valence-corrected chi connectivity index (χ2v) is 5.76. The number of carbonyl (C=O) groups is 1. The number of nitrogens with one attached hydrogen (secondary N) is 1. The minimum Gasteiger partial charge on any atom is -0.491 e. The average Bonchev–Trinajstić information content (AvgIpc) is 2.60. The molecule has 0 unspecified atom stereocenters. The van der Waals surface area contributed by atoms with Crippen molar-refractivity contribution in [2.75, 3.05) is 11.9 Å². The smallest absolute Gasteiger partial charge is 0.257 e. The molecule has 0 aliphatic rings. The fraction of sp³-hybridized carbons (Fsp3) is 0.200. The van der Waals surface area contributed by atoms with Crippen molar-refractivity contribution in [1.29, 1.82) is 0 Å². The number of hydrogen-bond donors (Lipinski definition) is 1. The molecule has 1 N–H and O–H groups in total. The molecule has 25 heavy (non-hydrogen) atoms. The minimum atomic E-state index is -0.349. The summed E-state index contributed by atoms with van der Waals surface area (Å²) in [7, 11) is 0. The summed E-state index contributed by atoms with van der Waals surface area (Å²) in [5.74, 6) is 0.00791. The standard InChI is InChI=1S/C20H19FN2O2/c1-3-10-25-19-7-5-4-6-17(19)23-20(24)16-11-14-8-9-15(21)12-18(14)22-13(16)2/h4-9,11-12H,3,10H2,1-2H3,(H,23,24). The Kier molecular flexibility index (Phi) is 4.93. The van der Waals surface area contributed by atoms with Gasteiger partial charge in [0.1, 0.15) is 11.6 Å². The van der Waals surface area contributed by atoms with Gasteiger partial charge in [0, 0.05) is 11.5 Å². The van der Waals surface area contributed by atoms with Crippen LogP contribution in [0.2, 0.25) is 0 Å². The molecule has 0 aliphatic carbocycles. The molecule has 0 bridgehead atoms. The molecule has 1 heterocycles. The topological polar surface area (TPSA) is 51.2 Å². The molecule has 0 spiro atoms.